The molecule has 0 aromatic carbocycles. The third-order valence-electron chi connectivity index (χ3n) is 1.39. The van der Waals surface area contributed by atoms with Gasteiger partial charge in [-0.1, -0.05) is 0 Å². The van der Waals surface area contributed by atoms with E-state index in [1.54, 1.807) is 6.92 Å². The monoisotopic (exact) mass is 200 g/mol. The molecule has 0 fully saturated rings. The van der Waals surface area contributed by atoms with Crippen LogP contribution < -0.4 is 5.32 Å². The summed E-state index contributed by atoms with van der Waals surface area (Å²) in [6.07, 6.45) is 0. The Bertz CT molecular complexity index is 359. The summed E-state index contributed by atoms with van der Waals surface area (Å²) >= 11 is 1.20. The van der Waals surface area contributed by atoms with E-state index in [-0.39, 0.29) is 11.6 Å². The van der Waals surface area contributed by atoms with Crippen molar-refractivity contribution < 1.29 is 9.72 Å². The molecule has 1 aromatic rings. The Labute approximate surface area is 78.5 Å². The lowest BCUT2D eigenvalue weighted by Crippen LogP contribution is -2.03. The van der Waals surface area contributed by atoms with Crippen LogP contribution in [0, 0.1) is 17.0 Å². The maximum atomic E-state index is 10.6. The molecule has 1 rings (SSSR count). The van der Waals surface area contributed by atoms with Crippen LogP contribution in [0.2, 0.25) is 0 Å². The van der Waals surface area contributed by atoms with E-state index in [0.29, 0.717) is 9.88 Å². The number of hydrogen-bond acceptors (Lipinski definition) is 4. The van der Waals surface area contributed by atoms with Crippen molar-refractivity contribution in [1.29, 1.82) is 0 Å². The van der Waals surface area contributed by atoms with Crippen molar-refractivity contribution in [3.8, 4) is 0 Å². The molecule has 1 aromatic heterocycles. The summed E-state index contributed by atoms with van der Waals surface area (Å²) < 4.78 is 0. The Kier molecular flexibility index (Phi) is 2.62. The van der Waals surface area contributed by atoms with Gasteiger partial charge in [-0.25, -0.2) is 0 Å². The maximum absolute atomic E-state index is 10.6. The fourth-order valence-electron chi connectivity index (χ4n) is 0.889. The molecule has 5 nitrogen and oxygen atoms in total. The predicted octanol–water partition coefficient (Wildman–Crippen LogP) is 1.92. The Morgan fingerprint density at radius 3 is 2.69 bits per heavy atom. The molecule has 0 saturated carbocycles. The molecule has 13 heavy (non-hydrogen) atoms. The van der Waals surface area contributed by atoms with Crippen LogP contribution in [0.5, 0.6) is 0 Å². The largest absolute Gasteiger partial charge is 0.318 e. The highest BCUT2D eigenvalue weighted by molar-refractivity contribution is 7.16. The first-order valence-corrected chi connectivity index (χ1v) is 4.34. The summed E-state index contributed by atoms with van der Waals surface area (Å²) in [5, 5.41) is 13.4. The van der Waals surface area contributed by atoms with Gasteiger partial charge in [0.1, 0.15) is 5.00 Å². The van der Waals surface area contributed by atoms with Gasteiger partial charge in [0.25, 0.3) is 5.69 Å². The Morgan fingerprint density at radius 2 is 2.31 bits per heavy atom. The number of nitrogens with one attached hydrogen (secondary N) is 1. The van der Waals surface area contributed by atoms with Crippen molar-refractivity contribution in [2.45, 2.75) is 13.8 Å². The number of aryl methyl sites for hydroxylation is 1. The fraction of sp³-hybridized carbons (Fsp3) is 0.286. The Hall–Kier alpha value is -1.43. The lowest BCUT2D eigenvalue weighted by molar-refractivity contribution is -0.385. The van der Waals surface area contributed by atoms with E-state index in [4.69, 9.17) is 0 Å². The van der Waals surface area contributed by atoms with E-state index >= 15 is 0 Å². The smallest absolute Gasteiger partial charge is 0.285 e. The molecule has 0 spiro atoms. The van der Waals surface area contributed by atoms with Gasteiger partial charge in [0, 0.05) is 6.92 Å². The number of carbonyl (C=O) groups is 1. The maximum Gasteiger partial charge on any atom is 0.285 e. The summed E-state index contributed by atoms with van der Waals surface area (Å²) in [4.78, 5) is 21.2. The van der Waals surface area contributed by atoms with E-state index < -0.39 is 4.92 Å². The van der Waals surface area contributed by atoms with Crippen molar-refractivity contribution in [3.05, 3.63) is 21.1 Å². The topological polar surface area (TPSA) is 72.2 Å². The molecule has 0 aliphatic heterocycles. The zero-order chi connectivity index (χ0) is 10.0. The first-order chi connectivity index (χ1) is 6.00. The summed E-state index contributed by atoms with van der Waals surface area (Å²) in [5.74, 6) is -0.226. The van der Waals surface area contributed by atoms with Gasteiger partial charge in [0.05, 0.1) is 15.9 Å². The predicted molar refractivity (Wildman–Crippen MR) is 50.0 cm³/mol. The van der Waals surface area contributed by atoms with Crippen LogP contribution in [0.1, 0.15) is 11.8 Å². The van der Waals surface area contributed by atoms with Crippen LogP contribution in [0.25, 0.3) is 0 Å². The van der Waals surface area contributed by atoms with E-state index in [0.717, 1.165) is 0 Å². The van der Waals surface area contributed by atoms with Crippen LogP contribution >= 0.6 is 11.3 Å². The molecule has 0 radical (unpaired) electrons. The van der Waals surface area contributed by atoms with Gasteiger partial charge in [-0.05, 0) is 6.92 Å². The molecule has 0 bridgehead atoms. The minimum absolute atomic E-state index is 0.0498. The number of amides is 1. The van der Waals surface area contributed by atoms with E-state index in [1.165, 1.54) is 24.3 Å². The molecule has 1 amide bonds. The highest BCUT2D eigenvalue weighted by Crippen LogP contribution is 2.31. The molecule has 0 aliphatic carbocycles. The highest BCUT2D eigenvalue weighted by atomic mass is 32.1. The summed E-state index contributed by atoms with van der Waals surface area (Å²) in [6.45, 7) is 3.01. The molecule has 1 N–H and O–H groups in total. The average Bonchev–Trinajstić information content (AvgIpc) is 2.29. The number of nitrogens with zero attached hydrogens (tertiary/aromatic N) is 1. The van der Waals surface area contributed by atoms with Gasteiger partial charge in [0.15, 0.2) is 0 Å². The van der Waals surface area contributed by atoms with E-state index in [9.17, 15) is 14.9 Å². The quantitative estimate of drug-likeness (QED) is 0.585. The second-order valence-electron chi connectivity index (χ2n) is 2.49. The van der Waals surface area contributed by atoms with Crippen molar-refractivity contribution in [3.63, 3.8) is 0 Å². The SMILES string of the molecule is CC(=O)Nc1cc([N+](=O)[O-])c(C)s1. The van der Waals surface area contributed by atoms with E-state index in [1.807, 2.05) is 0 Å². The molecule has 0 atom stereocenters. The number of carbonyl (C=O) groups excluding carboxylic acids is 1. The van der Waals surface area contributed by atoms with Gasteiger partial charge < -0.3 is 5.32 Å². The minimum Gasteiger partial charge on any atom is -0.318 e. The molecule has 0 unspecified atom stereocenters. The van der Waals surface area contributed by atoms with Crippen LogP contribution in [-0.4, -0.2) is 10.8 Å². The van der Waals surface area contributed by atoms with Crippen molar-refractivity contribution in [2.24, 2.45) is 0 Å². The van der Waals surface area contributed by atoms with Gasteiger partial charge in [0.2, 0.25) is 5.91 Å². The Balaban J connectivity index is 2.95. The minimum atomic E-state index is -0.461. The first-order valence-electron chi connectivity index (χ1n) is 3.53. The van der Waals surface area contributed by atoms with Gasteiger partial charge >= 0.3 is 0 Å². The normalized spacial score (nSPS) is 9.69. The average molecular weight is 200 g/mol. The second kappa shape index (κ2) is 3.53. The zero-order valence-corrected chi connectivity index (χ0v) is 7.97. The van der Waals surface area contributed by atoms with E-state index in [2.05, 4.69) is 5.32 Å². The molecular formula is C7H8N2O3S. The van der Waals surface area contributed by atoms with Crippen molar-refractivity contribution >= 4 is 27.9 Å². The second-order valence-corrected chi connectivity index (χ2v) is 3.75. The van der Waals surface area contributed by atoms with Gasteiger partial charge in [-0.3, -0.25) is 14.9 Å². The standard InChI is InChI=1S/C7H8N2O3S/c1-4-6(9(11)12)3-7(13-4)8-5(2)10/h3H,1-2H3,(H,8,10). The number of thiophene rings is 1. The molecule has 0 saturated heterocycles. The molecular weight excluding hydrogens is 192 g/mol. The van der Waals surface area contributed by atoms with Gasteiger partial charge in [-0.15, -0.1) is 11.3 Å². The number of rotatable bonds is 2. The highest BCUT2D eigenvalue weighted by Gasteiger charge is 2.15. The third-order valence-corrected chi connectivity index (χ3v) is 2.34. The summed E-state index contributed by atoms with van der Waals surface area (Å²) in [7, 11) is 0. The van der Waals surface area contributed by atoms with Gasteiger partial charge in [-0.2, -0.15) is 0 Å². The van der Waals surface area contributed by atoms with Crippen LogP contribution in [-0.2, 0) is 4.79 Å². The zero-order valence-electron chi connectivity index (χ0n) is 7.16. The Morgan fingerprint density at radius 1 is 1.69 bits per heavy atom. The number of nitro groups is 1. The summed E-state index contributed by atoms with van der Waals surface area (Å²) in [5.41, 5.74) is 0.0498. The molecule has 0 aliphatic rings. The lowest BCUT2D eigenvalue weighted by atomic mass is 10.4. The molecule has 70 valence electrons. The molecule has 1 heterocycles. The first kappa shape index (κ1) is 9.66. The third kappa shape index (κ3) is 2.25. The van der Waals surface area contributed by atoms with Crippen molar-refractivity contribution in [1.82, 2.24) is 0 Å². The summed E-state index contributed by atoms with van der Waals surface area (Å²) in [6, 6.07) is 1.36. The van der Waals surface area contributed by atoms with Crippen LogP contribution in [0.3, 0.4) is 0 Å². The number of anilines is 1. The fourth-order valence-corrected chi connectivity index (χ4v) is 1.82. The lowest BCUT2D eigenvalue weighted by Gasteiger charge is -1.92. The number of hydrogen-bond donors (Lipinski definition) is 1. The van der Waals surface area contributed by atoms with Crippen LogP contribution in [0.4, 0.5) is 10.7 Å². The van der Waals surface area contributed by atoms with Crippen molar-refractivity contribution in [2.75, 3.05) is 5.32 Å². The molecule has 6 heteroatoms. The van der Waals surface area contributed by atoms with Crippen LogP contribution in [0.15, 0.2) is 6.07 Å².